The summed E-state index contributed by atoms with van der Waals surface area (Å²) in [6.07, 6.45) is 52.6. The third-order valence-corrected chi connectivity index (χ3v) is 10.1. The lowest BCUT2D eigenvalue weighted by molar-refractivity contribution is -0.167. The lowest BCUT2D eigenvalue weighted by atomic mass is 10.1. The Bertz CT molecular complexity index is 996. The number of esters is 3. The number of allylic oxidation sites excluding steroid dienone is 8. The molecule has 0 aliphatic heterocycles. The molecule has 0 aliphatic carbocycles. The summed E-state index contributed by atoms with van der Waals surface area (Å²) in [5.41, 5.74) is 0. The Labute approximate surface area is 346 Å². The summed E-state index contributed by atoms with van der Waals surface area (Å²) in [7, 11) is 0. The van der Waals surface area contributed by atoms with E-state index in [1.54, 1.807) is 0 Å². The van der Waals surface area contributed by atoms with Gasteiger partial charge in [0.15, 0.2) is 6.10 Å². The Morgan fingerprint density at radius 3 is 1.16 bits per heavy atom. The highest BCUT2D eigenvalue weighted by Gasteiger charge is 2.19. The van der Waals surface area contributed by atoms with Gasteiger partial charge in [0.25, 0.3) is 0 Å². The molecule has 0 radical (unpaired) electrons. The smallest absolute Gasteiger partial charge is 0.306 e. The number of unbranched alkanes of at least 4 members (excludes halogenated alkanes) is 23. The van der Waals surface area contributed by atoms with Crippen LogP contribution in [0.15, 0.2) is 48.6 Å². The van der Waals surface area contributed by atoms with Crippen LogP contribution in [0.4, 0.5) is 0 Å². The van der Waals surface area contributed by atoms with Crippen LogP contribution in [-0.4, -0.2) is 37.2 Å². The quantitative estimate of drug-likeness (QED) is 0.0265. The Kier molecular flexibility index (Phi) is 43.0. The molecule has 324 valence electrons. The average molecular weight is 785 g/mol. The second-order valence-corrected chi connectivity index (χ2v) is 15.6. The van der Waals surface area contributed by atoms with E-state index in [4.69, 9.17) is 14.2 Å². The normalized spacial score (nSPS) is 12.4. The number of carbonyl (C=O) groups is 3. The molecule has 1 unspecified atom stereocenters. The maximum absolute atomic E-state index is 12.7. The van der Waals surface area contributed by atoms with Crippen molar-refractivity contribution in [2.24, 2.45) is 0 Å². The van der Waals surface area contributed by atoms with E-state index >= 15 is 0 Å². The molecule has 1 atom stereocenters. The van der Waals surface area contributed by atoms with Crippen LogP contribution in [-0.2, 0) is 28.6 Å². The van der Waals surface area contributed by atoms with E-state index in [-0.39, 0.29) is 37.5 Å². The molecule has 0 aromatic carbocycles. The van der Waals surface area contributed by atoms with Crippen molar-refractivity contribution in [3.05, 3.63) is 48.6 Å². The van der Waals surface area contributed by atoms with Gasteiger partial charge in [-0.05, 0) is 70.6 Å². The predicted octanol–water partition coefficient (Wildman–Crippen LogP) is 15.1. The van der Waals surface area contributed by atoms with Crippen molar-refractivity contribution in [3.63, 3.8) is 0 Å². The molecule has 0 amide bonds. The highest BCUT2D eigenvalue weighted by molar-refractivity contribution is 5.71. The van der Waals surface area contributed by atoms with Gasteiger partial charge in [-0.2, -0.15) is 0 Å². The zero-order chi connectivity index (χ0) is 40.8. The lowest BCUT2D eigenvalue weighted by Gasteiger charge is -2.18. The largest absolute Gasteiger partial charge is 0.462 e. The van der Waals surface area contributed by atoms with Crippen LogP contribution in [0.2, 0.25) is 0 Å². The third kappa shape index (κ3) is 42.5. The van der Waals surface area contributed by atoms with Gasteiger partial charge in [-0.3, -0.25) is 14.4 Å². The third-order valence-electron chi connectivity index (χ3n) is 10.1. The zero-order valence-electron chi connectivity index (χ0n) is 36.9. The minimum absolute atomic E-state index is 0.0946. The summed E-state index contributed by atoms with van der Waals surface area (Å²) >= 11 is 0. The highest BCUT2D eigenvalue weighted by Crippen LogP contribution is 2.14. The second kappa shape index (κ2) is 45.1. The Hall–Kier alpha value is -2.63. The van der Waals surface area contributed by atoms with Gasteiger partial charge in [-0.15, -0.1) is 0 Å². The van der Waals surface area contributed by atoms with Crippen LogP contribution in [0, 0.1) is 0 Å². The standard InChI is InChI=1S/C50H88O6/c1-4-7-10-13-16-19-21-22-23-24-25-26-27-29-31-34-37-40-43-49(52)55-46-47(45-54-48(51)42-39-36-33-30-18-15-12-9-6-3)56-50(53)44-41-38-35-32-28-20-17-14-11-8-5-2/h8,11,17,20,25-26,32,35,47H,4-7,9-10,12-16,18-19,21-24,27-31,33-34,36-46H2,1-3H3/b11-8-,20-17-,26-25-,35-32-. The molecule has 0 rings (SSSR count). The van der Waals surface area contributed by atoms with Crippen LogP contribution < -0.4 is 0 Å². The molecule has 0 fully saturated rings. The highest BCUT2D eigenvalue weighted by atomic mass is 16.6. The van der Waals surface area contributed by atoms with E-state index in [1.807, 2.05) is 0 Å². The van der Waals surface area contributed by atoms with Gasteiger partial charge in [-0.1, -0.05) is 191 Å². The fraction of sp³-hybridized carbons (Fsp3) is 0.780. The van der Waals surface area contributed by atoms with Crippen molar-refractivity contribution in [2.75, 3.05) is 13.2 Å². The van der Waals surface area contributed by atoms with Crippen LogP contribution in [0.3, 0.4) is 0 Å². The minimum atomic E-state index is -0.797. The molecular weight excluding hydrogens is 697 g/mol. The van der Waals surface area contributed by atoms with Crippen molar-refractivity contribution in [1.29, 1.82) is 0 Å². The Morgan fingerprint density at radius 2 is 0.714 bits per heavy atom. The summed E-state index contributed by atoms with van der Waals surface area (Å²) in [4.78, 5) is 37.7. The van der Waals surface area contributed by atoms with E-state index in [0.717, 1.165) is 70.6 Å². The molecule has 0 N–H and O–H groups in total. The van der Waals surface area contributed by atoms with Crippen molar-refractivity contribution >= 4 is 17.9 Å². The number of rotatable bonds is 42. The molecule has 0 aromatic heterocycles. The summed E-state index contributed by atoms with van der Waals surface area (Å²) in [5.74, 6) is -0.961. The predicted molar refractivity (Wildman–Crippen MR) is 238 cm³/mol. The molecule has 0 bridgehead atoms. The molecule has 6 nitrogen and oxygen atoms in total. The average Bonchev–Trinajstić information content (AvgIpc) is 3.19. The van der Waals surface area contributed by atoms with Gasteiger partial charge < -0.3 is 14.2 Å². The first-order chi connectivity index (χ1) is 27.5. The SMILES string of the molecule is CC/C=C\C/C=C\C/C=C\CCCC(=O)OC(COC(=O)CCCCCCC/C=C\CCCCCCCCCCC)COC(=O)CCCCCCCCCCC. The van der Waals surface area contributed by atoms with Crippen LogP contribution in [0.1, 0.15) is 233 Å². The van der Waals surface area contributed by atoms with Crippen LogP contribution in [0.25, 0.3) is 0 Å². The summed E-state index contributed by atoms with van der Waals surface area (Å²) in [6, 6.07) is 0. The molecule has 0 saturated carbocycles. The maximum atomic E-state index is 12.7. The first-order valence-corrected chi connectivity index (χ1v) is 23.6. The molecule has 0 aromatic rings. The summed E-state index contributed by atoms with van der Waals surface area (Å²) in [6.45, 7) is 6.44. The van der Waals surface area contributed by atoms with Gasteiger partial charge in [-0.25, -0.2) is 0 Å². The molecule has 56 heavy (non-hydrogen) atoms. The molecule has 0 aliphatic rings. The monoisotopic (exact) mass is 785 g/mol. The van der Waals surface area contributed by atoms with Crippen molar-refractivity contribution in [3.8, 4) is 0 Å². The molecule has 6 heteroatoms. The van der Waals surface area contributed by atoms with E-state index in [9.17, 15) is 14.4 Å². The molecule has 0 saturated heterocycles. The molecule has 0 heterocycles. The van der Waals surface area contributed by atoms with Crippen LogP contribution in [0.5, 0.6) is 0 Å². The fourth-order valence-corrected chi connectivity index (χ4v) is 6.52. The lowest BCUT2D eigenvalue weighted by Crippen LogP contribution is -2.30. The number of hydrogen-bond acceptors (Lipinski definition) is 6. The van der Waals surface area contributed by atoms with Gasteiger partial charge >= 0.3 is 17.9 Å². The number of carbonyl (C=O) groups excluding carboxylic acids is 3. The first kappa shape index (κ1) is 53.4. The van der Waals surface area contributed by atoms with Gasteiger partial charge in [0, 0.05) is 19.3 Å². The van der Waals surface area contributed by atoms with Crippen molar-refractivity contribution in [1.82, 2.24) is 0 Å². The Morgan fingerprint density at radius 1 is 0.375 bits per heavy atom. The van der Waals surface area contributed by atoms with Crippen LogP contribution >= 0.6 is 0 Å². The second-order valence-electron chi connectivity index (χ2n) is 15.6. The fourth-order valence-electron chi connectivity index (χ4n) is 6.52. The Balaban J connectivity index is 4.34. The van der Waals surface area contributed by atoms with Gasteiger partial charge in [0.2, 0.25) is 0 Å². The van der Waals surface area contributed by atoms with Crippen molar-refractivity contribution in [2.45, 2.75) is 239 Å². The van der Waals surface area contributed by atoms with Crippen molar-refractivity contribution < 1.29 is 28.6 Å². The van der Waals surface area contributed by atoms with E-state index < -0.39 is 6.10 Å². The summed E-state index contributed by atoms with van der Waals surface area (Å²) < 4.78 is 16.6. The number of ether oxygens (including phenoxy) is 3. The van der Waals surface area contributed by atoms with E-state index in [1.165, 1.54) is 116 Å². The zero-order valence-corrected chi connectivity index (χ0v) is 36.9. The molecular formula is C50H88O6. The van der Waals surface area contributed by atoms with Gasteiger partial charge in [0.1, 0.15) is 13.2 Å². The maximum Gasteiger partial charge on any atom is 0.306 e. The molecule has 0 spiro atoms. The van der Waals surface area contributed by atoms with Gasteiger partial charge in [0.05, 0.1) is 0 Å². The van der Waals surface area contributed by atoms with E-state index in [2.05, 4.69) is 69.4 Å². The topological polar surface area (TPSA) is 78.9 Å². The minimum Gasteiger partial charge on any atom is -0.462 e. The first-order valence-electron chi connectivity index (χ1n) is 23.6. The summed E-state index contributed by atoms with van der Waals surface area (Å²) in [5, 5.41) is 0. The van der Waals surface area contributed by atoms with E-state index in [0.29, 0.717) is 19.3 Å². The number of hydrogen-bond donors (Lipinski definition) is 0.